The molecule has 0 radical (unpaired) electrons. The smallest absolute Gasteiger partial charge is 0.252 e. The molecule has 5 rings (SSSR count). The van der Waals surface area contributed by atoms with Crippen LogP contribution in [-0.4, -0.2) is 12.5 Å². The van der Waals surface area contributed by atoms with E-state index in [0.29, 0.717) is 5.41 Å². The van der Waals surface area contributed by atoms with Gasteiger partial charge in [-0.1, -0.05) is 0 Å². The molecule has 1 N–H and O–H groups in total. The number of rotatable bonds is 4. The third kappa shape index (κ3) is 2.81. The highest BCUT2D eigenvalue weighted by Crippen LogP contribution is 2.61. The molecule has 4 aliphatic rings. The van der Waals surface area contributed by atoms with Crippen molar-refractivity contribution in [3.05, 3.63) is 20.8 Å². The first-order valence-corrected chi connectivity index (χ1v) is 9.81. The Morgan fingerprint density at radius 1 is 1.24 bits per heavy atom. The van der Waals surface area contributed by atoms with Gasteiger partial charge in [-0.2, -0.15) is 0 Å². The normalized spacial score (nSPS) is 36.9. The molecule has 0 atom stereocenters. The quantitative estimate of drug-likeness (QED) is 0.809. The van der Waals surface area contributed by atoms with Crippen LogP contribution in [0.25, 0.3) is 0 Å². The molecule has 1 aromatic rings. The van der Waals surface area contributed by atoms with E-state index >= 15 is 0 Å². The summed E-state index contributed by atoms with van der Waals surface area (Å²) in [6.07, 6.45) is 9.96. The average Bonchev–Trinajstić information content (AvgIpc) is 2.83. The van der Waals surface area contributed by atoms with Crippen molar-refractivity contribution in [1.82, 2.24) is 5.32 Å². The molecule has 21 heavy (non-hydrogen) atoms. The second kappa shape index (κ2) is 5.38. The zero-order chi connectivity index (χ0) is 14.4. The van der Waals surface area contributed by atoms with Crippen molar-refractivity contribution in [2.75, 3.05) is 6.54 Å². The number of carbonyl (C=O) groups is 1. The van der Waals surface area contributed by atoms with Crippen LogP contribution in [0.4, 0.5) is 0 Å². The lowest BCUT2D eigenvalue weighted by atomic mass is 9.49. The van der Waals surface area contributed by atoms with Gasteiger partial charge in [-0.3, -0.25) is 4.79 Å². The predicted molar refractivity (Wildman–Crippen MR) is 89.6 cm³/mol. The fraction of sp³-hybridized carbons (Fsp3) is 0.706. The van der Waals surface area contributed by atoms with Crippen molar-refractivity contribution >= 4 is 33.2 Å². The summed E-state index contributed by atoms with van der Waals surface area (Å²) in [5.74, 6) is 3.08. The first-order valence-electron chi connectivity index (χ1n) is 8.14. The fourth-order valence-electron chi connectivity index (χ4n) is 5.57. The number of thiophene rings is 1. The Kier molecular flexibility index (Phi) is 3.65. The number of halogens is 1. The minimum atomic E-state index is 0.0849. The summed E-state index contributed by atoms with van der Waals surface area (Å²) in [5, 5.41) is 5.05. The molecule has 0 spiro atoms. The number of carbonyl (C=O) groups excluding carboxylic acids is 1. The van der Waals surface area contributed by atoms with E-state index in [1.54, 1.807) is 11.3 Å². The Morgan fingerprint density at radius 3 is 2.38 bits per heavy atom. The van der Waals surface area contributed by atoms with E-state index in [9.17, 15) is 4.79 Å². The van der Waals surface area contributed by atoms with E-state index in [4.69, 9.17) is 0 Å². The third-order valence-electron chi connectivity index (χ3n) is 5.94. The van der Waals surface area contributed by atoms with E-state index < -0.39 is 0 Å². The molecule has 2 nitrogen and oxygen atoms in total. The summed E-state index contributed by atoms with van der Waals surface area (Å²) in [5.41, 5.74) is 1.36. The van der Waals surface area contributed by atoms with Gasteiger partial charge in [-0.05, 0) is 90.1 Å². The summed E-state index contributed by atoms with van der Waals surface area (Å²) in [4.78, 5) is 12.1. The lowest BCUT2D eigenvalue weighted by Gasteiger charge is -2.57. The summed E-state index contributed by atoms with van der Waals surface area (Å²) >= 11 is 4.98. The Labute approximate surface area is 138 Å². The fourth-order valence-corrected chi connectivity index (χ4v) is 6.71. The van der Waals surface area contributed by atoms with Crippen LogP contribution in [0.2, 0.25) is 0 Å². The van der Waals surface area contributed by atoms with Gasteiger partial charge in [0.15, 0.2) is 0 Å². The molecule has 4 bridgehead atoms. The van der Waals surface area contributed by atoms with Gasteiger partial charge in [-0.15, -0.1) is 11.3 Å². The predicted octanol–water partition coefficient (Wildman–Crippen LogP) is 4.85. The van der Waals surface area contributed by atoms with Gasteiger partial charge >= 0.3 is 0 Å². The van der Waals surface area contributed by atoms with Crippen LogP contribution in [0.3, 0.4) is 0 Å². The minimum absolute atomic E-state index is 0.0849. The van der Waals surface area contributed by atoms with E-state index in [1.807, 2.05) is 11.4 Å². The van der Waals surface area contributed by atoms with Crippen molar-refractivity contribution in [3.8, 4) is 0 Å². The lowest BCUT2D eigenvalue weighted by Crippen LogP contribution is -2.47. The summed E-state index contributed by atoms with van der Waals surface area (Å²) in [6.45, 7) is 0.846. The van der Waals surface area contributed by atoms with Crippen LogP contribution in [0.5, 0.6) is 0 Å². The van der Waals surface area contributed by atoms with Gasteiger partial charge in [0.1, 0.15) is 0 Å². The molecule has 4 aliphatic carbocycles. The van der Waals surface area contributed by atoms with Crippen molar-refractivity contribution < 1.29 is 4.79 Å². The highest BCUT2D eigenvalue weighted by Gasteiger charge is 2.50. The van der Waals surface area contributed by atoms with Crippen LogP contribution in [0, 0.1) is 23.2 Å². The topological polar surface area (TPSA) is 29.1 Å². The van der Waals surface area contributed by atoms with Crippen LogP contribution >= 0.6 is 27.3 Å². The van der Waals surface area contributed by atoms with E-state index in [0.717, 1.165) is 33.6 Å². The second-order valence-electron chi connectivity index (χ2n) is 7.56. The largest absolute Gasteiger partial charge is 0.352 e. The molecule has 114 valence electrons. The van der Waals surface area contributed by atoms with Crippen molar-refractivity contribution in [1.29, 1.82) is 0 Å². The molecule has 1 heterocycles. The molecule has 1 amide bonds. The Morgan fingerprint density at radius 2 is 1.86 bits per heavy atom. The summed E-state index contributed by atoms with van der Waals surface area (Å²) in [7, 11) is 0. The van der Waals surface area contributed by atoms with E-state index in [1.165, 1.54) is 44.9 Å². The van der Waals surface area contributed by atoms with Crippen LogP contribution in [0.1, 0.15) is 55.3 Å². The number of hydrogen-bond acceptors (Lipinski definition) is 2. The minimum Gasteiger partial charge on any atom is -0.352 e. The van der Waals surface area contributed by atoms with Gasteiger partial charge in [0, 0.05) is 11.9 Å². The highest BCUT2D eigenvalue weighted by molar-refractivity contribution is 9.11. The summed E-state index contributed by atoms with van der Waals surface area (Å²) in [6, 6.07) is 1.91. The van der Waals surface area contributed by atoms with Gasteiger partial charge < -0.3 is 5.32 Å². The SMILES string of the molecule is O=C(NCCC12CC3CC(CC(C3)C1)C2)c1csc(Br)c1. The van der Waals surface area contributed by atoms with E-state index in [-0.39, 0.29) is 5.91 Å². The van der Waals surface area contributed by atoms with Gasteiger partial charge in [0.05, 0.1) is 9.35 Å². The molecule has 4 heteroatoms. The maximum Gasteiger partial charge on any atom is 0.252 e. The molecule has 4 fully saturated rings. The summed E-state index contributed by atoms with van der Waals surface area (Å²) < 4.78 is 1.02. The maximum absolute atomic E-state index is 12.1. The lowest BCUT2D eigenvalue weighted by molar-refractivity contribution is -0.0564. The molecule has 1 aromatic heterocycles. The van der Waals surface area contributed by atoms with Crippen LogP contribution in [-0.2, 0) is 0 Å². The first kappa shape index (κ1) is 14.3. The van der Waals surface area contributed by atoms with Crippen molar-refractivity contribution in [2.45, 2.75) is 44.9 Å². The average molecular weight is 368 g/mol. The molecule has 0 unspecified atom stereocenters. The monoisotopic (exact) mass is 367 g/mol. The second-order valence-corrected chi connectivity index (χ2v) is 9.85. The zero-order valence-corrected chi connectivity index (χ0v) is 14.6. The Balaban J connectivity index is 1.34. The first-order chi connectivity index (χ1) is 10.1. The molecule has 4 saturated carbocycles. The zero-order valence-electron chi connectivity index (χ0n) is 12.2. The number of hydrogen-bond donors (Lipinski definition) is 1. The van der Waals surface area contributed by atoms with Gasteiger partial charge in [0.25, 0.3) is 5.91 Å². The maximum atomic E-state index is 12.1. The molecular formula is C17H22BrNOS. The van der Waals surface area contributed by atoms with E-state index in [2.05, 4.69) is 21.2 Å². The van der Waals surface area contributed by atoms with Crippen molar-refractivity contribution in [2.24, 2.45) is 23.2 Å². The Hall–Kier alpha value is -0.350. The molecule has 0 aromatic carbocycles. The Bertz CT molecular complexity index is 517. The number of amides is 1. The highest BCUT2D eigenvalue weighted by atomic mass is 79.9. The van der Waals surface area contributed by atoms with Crippen LogP contribution in [0.15, 0.2) is 15.2 Å². The van der Waals surface area contributed by atoms with Gasteiger partial charge in [0.2, 0.25) is 0 Å². The van der Waals surface area contributed by atoms with Gasteiger partial charge in [-0.25, -0.2) is 0 Å². The molecular weight excluding hydrogens is 346 g/mol. The molecule has 0 aliphatic heterocycles. The van der Waals surface area contributed by atoms with Crippen molar-refractivity contribution in [3.63, 3.8) is 0 Å². The molecule has 0 saturated heterocycles. The van der Waals surface area contributed by atoms with Crippen LogP contribution < -0.4 is 5.32 Å². The standard InChI is InChI=1S/C17H22BrNOS/c18-15-6-14(10-21-15)16(20)19-2-1-17-7-11-3-12(8-17)5-13(4-11)9-17/h6,10-13H,1-5,7-9H2,(H,19,20). The number of nitrogens with one attached hydrogen (secondary N) is 1. The third-order valence-corrected chi connectivity index (χ3v) is 7.44.